The smallest absolute Gasteiger partial charge is 0.306 e. The van der Waals surface area contributed by atoms with Crippen molar-refractivity contribution in [2.24, 2.45) is 0 Å². The van der Waals surface area contributed by atoms with Gasteiger partial charge in [-0.3, -0.25) is 9.59 Å². The molecule has 28 heavy (non-hydrogen) atoms. The number of nitrogens with one attached hydrogen (secondary N) is 1. The Bertz CT molecular complexity index is 891. The summed E-state index contributed by atoms with van der Waals surface area (Å²) < 4.78 is 6.25. The number of benzene rings is 2. The molecule has 6 heteroatoms. The molecule has 1 aromatic heterocycles. The van der Waals surface area contributed by atoms with Crippen LogP contribution < -0.4 is 5.32 Å². The van der Waals surface area contributed by atoms with Crippen molar-refractivity contribution >= 4 is 33.4 Å². The highest BCUT2D eigenvalue weighted by Crippen LogP contribution is 2.22. The third-order valence-corrected chi connectivity index (χ3v) is 5.46. The molecule has 5 nitrogen and oxygen atoms in total. The van der Waals surface area contributed by atoms with Crippen molar-refractivity contribution in [3.63, 3.8) is 0 Å². The fraction of sp³-hybridized carbons (Fsp3) is 0.318. The Labute approximate surface area is 168 Å². The summed E-state index contributed by atoms with van der Waals surface area (Å²) >= 11 is 1.58. The lowest BCUT2D eigenvalue weighted by Crippen LogP contribution is -2.32. The Hall–Kier alpha value is -2.73. The lowest BCUT2D eigenvalue weighted by molar-refractivity contribution is -0.148. The van der Waals surface area contributed by atoms with E-state index in [2.05, 4.69) is 17.2 Å². The Morgan fingerprint density at radius 2 is 1.86 bits per heavy atom. The number of aromatic nitrogens is 1. The third-order valence-electron chi connectivity index (χ3n) is 4.36. The van der Waals surface area contributed by atoms with E-state index in [0.717, 1.165) is 33.6 Å². The summed E-state index contributed by atoms with van der Waals surface area (Å²) in [6.45, 7) is 1.82. The molecular formula is C22H24N2O3S. The van der Waals surface area contributed by atoms with Gasteiger partial charge < -0.3 is 10.1 Å². The molecule has 3 rings (SSSR count). The number of fused-ring (bicyclic) bond motifs is 1. The number of thiazole rings is 1. The van der Waals surface area contributed by atoms with Crippen LogP contribution in [0.25, 0.3) is 10.2 Å². The van der Waals surface area contributed by atoms with Gasteiger partial charge in [0.15, 0.2) is 6.61 Å². The van der Waals surface area contributed by atoms with Crippen molar-refractivity contribution < 1.29 is 14.3 Å². The van der Waals surface area contributed by atoms with Crippen LogP contribution in [0.3, 0.4) is 0 Å². The van der Waals surface area contributed by atoms with E-state index in [-0.39, 0.29) is 30.9 Å². The number of esters is 1. The third kappa shape index (κ3) is 5.63. The molecule has 0 bridgehead atoms. The van der Waals surface area contributed by atoms with Crippen LogP contribution >= 0.6 is 11.3 Å². The highest BCUT2D eigenvalue weighted by molar-refractivity contribution is 7.18. The van der Waals surface area contributed by atoms with Crippen LogP contribution in [0.4, 0.5) is 0 Å². The summed E-state index contributed by atoms with van der Waals surface area (Å²) in [5.41, 5.74) is 2.00. The maximum atomic E-state index is 12.2. The lowest BCUT2D eigenvalue weighted by atomic mass is 10.0. The second-order valence-electron chi connectivity index (χ2n) is 6.56. The van der Waals surface area contributed by atoms with E-state index in [0.29, 0.717) is 6.42 Å². The lowest BCUT2D eigenvalue weighted by Gasteiger charge is -2.18. The van der Waals surface area contributed by atoms with Gasteiger partial charge in [0.1, 0.15) is 0 Å². The molecule has 2 aromatic carbocycles. The van der Waals surface area contributed by atoms with E-state index in [1.54, 1.807) is 11.3 Å². The van der Waals surface area contributed by atoms with E-state index in [4.69, 9.17) is 4.74 Å². The van der Waals surface area contributed by atoms with Crippen molar-refractivity contribution in [1.29, 1.82) is 0 Å². The molecule has 1 heterocycles. The summed E-state index contributed by atoms with van der Waals surface area (Å²) in [6.07, 6.45) is 2.51. The first-order valence-electron chi connectivity index (χ1n) is 9.50. The normalized spacial score (nSPS) is 11.9. The molecule has 1 amide bonds. The molecule has 0 spiro atoms. The van der Waals surface area contributed by atoms with Crippen LogP contribution in [0.15, 0.2) is 54.6 Å². The molecule has 0 aliphatic heterocycles. The van der Waals surface area contributed by atoms with E-state index < -0.39 is 0 Å². The second-order valence-corrected chi connectivity index (χ2v) is 7.67. The summed E-state index contributed by atoms with van der Waals surface area (Å²) in [6, 6.07) is 17.6. The molecule has 0 fully saturated rings. The van der Waals surface area contributed by atoms with Gasteiger partial charge in [-0.2, -0.15) is 0 Å². The van der Waals surface area contributed by atoms with Crippen LogP contribution in [-0.2, 0) is 20.7 Å². The number of rotatable bonds is 9. The Morgan fingerprint density at radius 1 is 1.11 bits per heavy atom. The molecule has 1 unspecified atom stereocenters. The van der Waals surface area contributed by atoms with Gasteiger partial charge in [0.25, 0.3) is 5.91 Å². The minimum Gasteiger partial charge on any atom is -0.456 e. The number of carbonyl (C=O) groups is 2. The predicted molar refractivity (Wildman–Crippen MR) is 111 cm³/mol. The molecule has 0 saturated heterocycles. The van der Waals surface area contributed by atoms with E-state index in [1.807, 2.05) is 54.6 Å². The van der Waals surface area contributed by atoms with Gasteiger partial charge in [-0.1, -0.05) is 55.8 Å². The zero-order chi connectivity index (χ0) is 19.8. The summed E-state index contributed by atoms with van der Waals surface area (Å²) in [4.78, 5) is 28.7. The highest BCUT2D eigenvalue weighted by Gasteiger charge is 2.15. The number of aryl methyl sites for hydroxylation is 1. The number of para-hydroxylation sites is 1. The average molecular weight is 397 g/mol. The van der Waals surface area contributed by atoms with Crippen molar-refractivity contribution in [3.8, 4) is 0 Å². The number of carbonyl (C=O) groups excluding carboxylic acids is 2. The standard InChI is InChI=1S/C22H24N2O3S/c1-2-8-17(16-9-4-3-5-10-16)23-20(25)15-27-22(26)14-13-21-24-18-11-6-7-12-19(18)28-21/h3-7,9-12,17H,2,8,13-15H2,1H3,(H,23,25). The quantitative estimate of drug-likeness (QED) is 0.543. The van der Waals surface area contributed by atoms with E-state index >= 15 is 0 Å². The van der Waals surface area contributed by atoms with Gasteiger partial charge >= 0.3 is 5.97 Å². The maximum Gasteiger partial charge on any atom is 0.306 e. The molecule has 146 valence electrons. The molecule has 1 atom stereocenters. The van der Waals surface area contributed by atoms with Gasteiger partial charge in [0.05, 0.1) is 27.7 Å². The SMILES string of the molecule is CCCC(NC(=O)COC(=O)CCc1nc2ccccc2s1)c1ccccc1. The molecule has 0 aliphatic carbocycles. The van der Waals surface area contributed by atoms with Crippen molar-refractivity contribution in [1.82, 2.24) is 10.3 Å². The second kappa shape index (κ2) is 9.99. The number of ether oxygens (including phenoxy) is 1. The molecule has 0 aliphatic rings. The Balaban J connectivity index is 1.44. The minimum absolute atomic E-state index is 0.0693. The van der Waals surface area contributed by atoms with Crippen LogP contribution in [0, 0.1) is 0 Å². The zero-order valence-electron chi connectivity index (χ0n) is 15.9. The topological polar surface area (TPSA) is 68.3 Å². The Morgan fingerprint density at radius 3 is 2.61 bits per heavy atom. The van der Waals surface area contributed by atoms with Gasteiger partial charge in [-0.15, -0.1) is 11.3 Å². The van der Waals surface area contributed by atoms with Crippen LogP contribution in [0.1, 0.15) is 42.8 Å². The first-order chi connectivity index (χ1) is 13.7. The van der Waals surface area contributed by atoms with Crippen molar-refractivity contribution in [2.45, 2.75) is 38.6 Å². The van der Waals surface area contributed by atoms with Crippen LogP contribution in [0.5, 0.6) is 0 Å². The van der Waals surface area contributed by atoms with Crippen molar-refractivity contribution in [2.75, 3.05) is 6.61 Å². The van der Waals surface area contributed by atoms with Crippen molar-refractivity contribution in [3.05, 3.63) is 65.2 Å². The number of hydrogen-bond acceptors (Lipinski definition) is 5. The summed E-state index contributed by atoms with van der Waals surface area (Å²) in [5.74, 6) is -0.670. The molecule has 0 radical (unpaired) electrons. The fourth-order valence-corrected chi connectivity index (χ4v) is 3.95. The van der Waals surface area contributed by atoms with Crippen LogP contribution in [0.2, 0.25) is 0 Å². The number of nitrogens with zero attached hydrogens (tertiary/aromatic N) is 1. The minimum atomic E-state index is -0.388. The number of hydrogen-bond donors (Lipinski definition) is 1. The highest BCUT2D eigenvalue weighted by atomic mass is 32.1. The van der Waals surface area contributed by atoms with E-state index in [9.17, 15) is 9.59 Å². The molecule has 1 N–H and O–H groups in total. The fourth-order valence-electron chi connectivity index (χ4n) is 2.99. The zero-order valence-corrected chi connectivity index (χ0v) is 16.7. The molecule has 3 aromatic rings. The number of amides is 1. The van der Waals surface area contributed by atoms with Gasteiger partial charge in [0, 0.05) is 6.42 Å². The van der Waals surface area contributed by atoms with Gasteiger partial charge in [-0.05, 0) is 24.1 Å². The first-order valence-corrected chi connectivity index (χ1v) is 10.3. The van der Waals surface area contributed by atoms with Gasteiger partial charge in [-0.25, -0.2) is 4.98 Å². The Kier molecular flexibility index (Phi) is 7.14. The van der Waals surface area contributed by atoms with Crippen LogP contribution in [-0.4, -0.2) is 23.5 Å². The average Bonchev–Trinajstić information content (AvgIpc) is 3.14. The summed E-state index contributed by atoms with van der Waals surface area (Å²) in [5, 5.41) is 3.85. The first kappa shape index (κ1) is 20.0. The monoisotopic (exact) mass is 396 g/mol. The van der Waals surface area contributed by atoms with E-state index in [1.165, 1.54) is 0 Å². The molecular weight excluding hydrogens is 372 g/mol. The molecule has 0 saturated carbocycles. The van der Waals surface area contributed by atoms with Gasteiger partial charge in [0.2, 0.25) is 0 Å². The predicted octanol–water partition coefficient (Wildman–Crippen LogP) is 4.43. The summed E-state index contributed by atoms with van der Waals surface area (Å²) in [7, 11) is 0. The largest absolute Gasteiger partial charge is 0.456 e. The maximum absolute atomic E-state index is 12.2.